The second kappa shape index (κ2) is 15.9. The molecule has 6 amide bonds. The number of nitrogens with one attached hydrogen (secondary N) is 5. The number of benzene rings is 2. The summed E-state index contributed by atoms with van der Waals surface area (Å²) in [7, 11) is 0. The molecule has 3 rings (SSSR count). The standard InChI is InChI=1S/C29H37N7O7/c30-20(13-18-8-10-19(37)11-9-18)26(40)35-21-7-4-12-32-28(42)23(15-24(31)38)36-29(43)22(14-17-5-2-1-3-6-17)34-25(39)16-33-27(21)41/h1-3,5-6,8-11,20-23,37H,4,7,12-16,30H2,(H2,31,38)(H,32,42)(H,33,41)(H,34,39)(H,35,40)(H,36,43)/t20-,21?,22?,23-/m0/s1. The maximum absolute atomic E-state index is 13.2. The van der Waals surface area contributed by atoms with E-state index < -0.39 is 72.6 Å². The Morgan fingerprint density at radius 1 is 0.884 bits per heavy atom. The molecule has 2 aromatic carbocycles. The zero-order valence-electron chi connectivity index (χ0n) is 23.5. The highest BCUT2D eigenvalue weighted by Crippen LogP contribution is 2.11. The number of rotatable bonds is 8. The lowest BCUT2D eigenvalue weighted by atomic mass is 10.0. The first-order valence-corrected chi connectivity index (χ1v) is 13.8. The van der Waals surface area contributed by atoms with Gasteiger partial charge < -0.3 is 43.2 Å². The van der Waals surface area contributed by atoms with Crippen molar-refractivity contribution in [3.8, 4) is 5.75 Å². The van der Waals surface area contributed by atoms with Crippen molar-refractivity contribution >= 4 is 35.4 Å². The van der Waals surface area contributed by atoms with Crippen molar-refractivity contribution in [1.29, 1.82) is 0 Å². The van der Waals surface area contributed by atoms with Crippen LogP contribution >= 0.6 is 0 Å². The van der Waals surface area contributed by atoms with Crippen LogP contribution in [-0.4, -0.2) is 77.8 Å². The van der Waals surface area contributed by atoms with Crippen LogP contribution in [0.15, 0.2) is 54.6 Å². The second-order valence-electron chi connectivity index (χ2n) is 10.2. The molecule has 0 aliphatic carbocycles. The van der Waals surface area contributed by atoms with Crippen LogP contribution in [0, 0.1) is 0 Å². The summed E-state index contributed by atoms with van der Waals surface area (Å²) in [4.78, 5) is 76.4. The molecule has 0 spiro atoms. The van der Waals surface area contributed by atoms with Crippen LogP contribution in [0.1, 0.15) is 30.4 Å². The lowest BCUT2D eigenvalue weighted by Crippen LogP contribution is -2.56. The molecule has 1 aliphatic rings. The number of hydrogen-bond donors (Lipinski definition) is 8. The normalized spacial score (nSPS) is 21.1. The minimum atomic E-state index is -1.29. The average Bonchev–Trinajstić information content (AvgIpc) is 2.97. The summed E-state index contributed by atoms with van der Waals surface area (Å²) >= 11 is 0. The van der Waals surface area contributed by atoms with Crippen molar-refractivity contribution in [1.82, 2.24) is 26.6 Å². The molecule has 0 saturated carbocycles. The molecule has 10 N–H and O–H groups in total. The van der Waals surface area contributed by atoms with Crippen LogP contribution in [0.3, 0.4) is 0 Å². The third-order valence-electron chi connectivity index (χ3n) is 6.73. The molecule has 2 unspecified atom stereocenters. The van der Waals surface area contributed by atoms with Crippen molar-refractivity contribution in [3.63, 3.8) is 0 Å². The Bertz CT molecular complexity index is 1300. The minimum Gasteiger partial charge on any atom is -0.508 e. The number of aromatic hydroxyl groups is 1. The predicted octanol–water partition coefficient (Wildman–Crippen LogP) is -2.14. The Kier molecular flexibility index (Phi) is 12.0. The van der Waals surface area contributed by atoms with Gasteiger partial charge in [0.05, 0.1) is 19.0 Å². The van der Waals surface area contributed by atoms with Gasteiger partial charge in [-0.25, -0.2) is 0 Å². The summed E-state index contributed by atoms with van der Waals surface area (Å²) in [5.41, 5.74) is 12.8. The first kappa shape index (κ1) is 32.5. The van der Waals surface area contributed by atoms with Gasteiger partial charge in [0.15, 0.2) is 0 Å². The zero-order valence-corrected chi connectivity index (χ0v) is 23.5. The summed E-state index contributed by atoms with van der Waals surface area (Å²) in [6, 6.07) is 10.5. The molecular formula is C29H37N7O7. The van der Waals surface area contributed by atoms with E-state index in [0.29, 0.717) is 11.1 Å². The van der Waals surface area contributed by atoms with Gasteiger partial charge in [0.2, 0.25) is 35.4 Å². The van der Waals surface area contributed by atoms with Crippen LogP contribution in [0.2, 0.25) is 0 Å². The fraction of sp³-hybridized carbons (Fsp3) is 0.379. The molecule has 1 fully saturated rings. The first-order chi connectivity index (χ1) is 20.5. The molecule has 0 bridgehead atoms. The number of hydrogen-bond acceptors (Lipinski definition) is 8. The highest BCUT2D eigenvalue weighted by molar-refractivity contribution is 5.96. The van der Waals surface area contributed by atoms with Crippen molar-refractivity contribution in [2.24, 2.45) is 11.5 Å². The van der Waals surface area contributed by atoms with Crippen LogP contribution in [0.5, 0.6) is 5.75 Å². The quantitative estimate of drug-likeness (QED) is 0.167. The lowest BCUT2D eigenvalue weighted by molar-refractivity contribution is -0.133. The van der Waals surface area contributed by atoms with Crippen molar-refractivity contribution in [2.75, 3.05) is 13.1 Å². The summed E-state index contributed by atoms with van der Waals surface area (Å²) in [5, 5.41) is 22.2. The van der Waals surface area contributed by atoms with Crippen LogP contribution in [0.4, 0.5) is 0 Å². The molecule has 1 aliphatic heterocycles. The lowest BCUT2D eigenvalue weighted by Gasteiger charge is -2.23. The van der Waals surface area contributed by atoms with E-state index in [9.17, 15) is 33.9 Å². The molecule has 14 heteroatoms. The second-order valence-corrected chi connectivity index (χ2v) is 10.2. The Morgan fingerprint density at radius 2 is 1.58 bits per heavy atom. The van der Waals surface area contributed by atoms with Gasteiger partial charge >= 0.3 is 0 Å². The number of carbonyl (C=O) groups is 6. The van der Waals surface area contributed by atoms with E-state index >= 15 is 0 Å². The smallest absolute Gasteiger partial charge is 0.243 e. The largest absolute Gasteiger partial charge is 0.508 e. The average molecular weight is 596 g/mol. The number of phenolic OH excluding ortho intramolecular Hbond substituents is 1. The van der Waals surface area contributed by atoms with Gasteiger partial charge in [-0.2, -0.15) is 0 Å². The van der Waals surface area contributed by atoms with Crippen molar-refractivity contribution in [3.05, 3.63) is 65.7 Å². The van der Waals surface area contributed by atoms with Gasteiger partial charge in [-0.1, -0.05) is 42.5 Å². The fourth-order valence-corrected chi connectivity index (χ4v) is 4.45. The van der Waals surface area contributed by atoms with Crippen LogP contribution in [-0.2, 0) is 41.6 Å². The summed E-state index contributed by atoms with van der Waals surface area (Å²) in [6.07, 6.45) is 0.0341. The van der Waals surface area contributed by atoms with Crippen LogP contribution in [0.25, 0.3) is 0 Å². The number of phenols is 1. The van der Waals surface area contributed by atoms with Gasteiger partial charge in [0.1, 0.15) is 23.9 Å². The molecule has 14 nitrogen and oxygen atoms in total. The third-order valence-corrected chi connectivity index (χ3v) is 6.73. The maximum Gasteiger partial charge on any atom is 0.243 e. The highest BCUT2D eigenvalue weighted by Gasteiger charge is 2.30. The molecule has 2 aromatic rings. The molecular weight excluding hydrogens is 558 g/mol. The predicted molar refractivity (Wildman–Crippen MR) is 155 cm³/mol. The van der Waals surface area contributed by atoms with Gasteiger partial charge in [-0.3, -0.25) is 28.8 Å². The Morgan fingerprint density at radius 3 is 2.26 bits per heavy atom. The molecule has 0 radical (unpaired) electrons. The summed E-state index contributed by atoms with van der Waals surface area (Å²) in [6.45, 7) is -0.445. The Labute approximate surface area is 248 Å². The molecule has 1 saturated heterocycles. The Balaban J connectivity index is 1.75. The van der Waals surface area contributed by atoms with Crippen molar-refractivity contribution < 1.29 is 33.9 Å². The number of nitrogens with two attached hydrogens (primary N) is 2. The van der Waals surface area contributed by atoms with E-state index in [2.05, 4.69) is 26.6 Å². The van der Waals surface area contributed by atoms with E-state index in [0.717, 1.165) is 0 Å². The van der Waals surface area contributed by atoms with E-state index in [-0.39, 0.29) is 38.0 Å². The van der Waals surface area contributed by atoms with Gasteiger partial charge in [0.25, 0.3) is 0 Å². The van der Waals surface area contributed by atoms with Crippen molar-refractivity contribution in [2.45, 2.75) is 56.3 Å². The monoisotopic (exact) mass is 595 g/mol. The zero-order chi connectivity index (χ0) is 31.4. The highest BCUT2D eigenvalue weighted by atomic mass is 16.3. The number of carbonyl (C=O) groups excluding carboxylic acids is 6. The van der Waals surface area contributed by atoms with E-state index in [1.54, 1.807) is 42.5 Å². The third kappa shape index (κ3) is 10.7. The molecule has 230 valence electrons. The molecule has 43 heavy (non-hydrogen) atoms. The Hall–Kier alpha value is -4.98. The van der Waals surface area contributed by atoms with Gasteiger partial charge in [0, 0.05) is 13.0 Å². The summed E-state index contributed by atoms with van der Waals surface area (Å²) in [5.74, 6) is -4.10. The number of primary amides is 1. The molecule has 1 heterocycles. The number of amides is 6. The first-order valence-electron chi connectivity index (χ1n) is 13.8. The summed E-state index contributed by atoms with van der Waals surface area (Å²) < 4.78 is 0. The molecule has 0 aromatic heterocycles. The van der Waals surface area contributed by atoms with Gasteiger partial charge in [-0.05, 0) is 42.5 Å². The SMILES string of the molecule is NC(=O)C[C@@H]1NC(=O)C(Cc2ccccc2)NC(=O)CNC(=O)C(NC(=O)[C@@H](N)Cc2ccc(O)cc2)CCCNC1=O. The topological polar surface area (TPSA) is 235 Å². The van der Waals surface area contributed by atoms with E-state index in [4.69, 9.17) is 11.5 Å². The maximum atomic E-state index is 13.2. The van der Waals surface area contributed by atoms with E-state index in [1.807, 2.05) is 0 Å². The van der Waals surface area contributed by atoms with Gasteiger partial charge in [-0.15, -0.1) is 0 Å². The molecule has 4 atom stereocenters. The van der Waals surface area contributed by atoms with E-state index in [1.165, 1.54) is 12.1 Å². The van der Waals surface area contributed by atoms with Crippen LogP contribution < -0.4 is 38.1 Å². The fourth-order valence-electron chi connectivity index (χ4n) is 4.45. The minimum absolute atomic E-state index is 0.0494.